The van der Waals surface area contributed by atoms with E-state index in [-0.39, 0.29) is 25.4 Å². The van der Waals surface area contributed by atoms with Gasteiger partial charge >= 0.3 is 5.97 Å². The fourth-order valence-electron chi connectivity index (χ4n) is 2.31. The lowest BCUT2D eigenvalue weighted by molar-refractivity contribution is -0.144. The van der Waals surface area contributed by atoms with E-state index >= 15 is 0 Å². The summed E-state index contributed by atoms with van der Waals surface area (Å²) in [5, 5.41) is 9.92. The van der Waals surface area contributed by atoms with Crippen LogP contribution in [0.25, 0.3) is 10.9 Å². The zero-order valence-electron chi connectivity index (χ0n) is 11.7. The number of carbonyl (C=O) groups excluding carboxylic acids is 1. The number of carboxylic acid groups (broad SMARTS) is 1. The smallest absolute Gasteiger partial charge is 0.323 e. The number of benzene rings is 1. The highest BCUT2D eigenvalue weighted by Crippen LogP contribution is 2.19. The van der Waals surface area contributed by atoms with Gasteiger partial charge in [0.05, 0.1) is 0 Å². The Morgan fingerprint density at radius 2 is 2.10 bits per heavy atom. The summed E-state index contributed by atoms with van der Waals surface area (Å²) in [4.78, 5) is 27.3. The molecule has 0 saturated heterocycles. The van der Waals surface area contributed by atoms with Gasteiger partial charge in [0, 0.05) is 30.1 Å². The summed E-state index contributed by atoms with van der Waals surface area (Å²) in [5.74, 6) is -1.19. The van der Waals surface area contributed by atoms with Crippen molar-refractivity contribution in [3.63, 3.8) is 0 Å². The first-order chi connectivity index (χ1) is 10.1. The molecule has 1 aromatic heterocycles. The van der Waals surface area contributed by atoms with Crippen molar-refractivity contribution in [1.29, 1.82) is 0 Å². The molecule has 0 spiro atoms. The Balaban J connectivity index is 2.02. The first kappa shape index (κ1) is 14.8. The van der Waals surface area contributed by atoms with Crippen LogP contribution in [0.15, 0.2) is 43.1 Å². The van der Waals surface area contributed by atoms with E-state index in [2.05, 4.69) is 11.6 Å². The van der Waals surface area contributed by atoms with Crippen LogP contribution in [0.3, 0.4) is 0 Å². The summed E-state index contributed by atoms with van der Waals surface area (Å²) in [6, 6.07) is 7.89. The van der Waals surface area contributed by atoms with Gasteiger partial charge in [-0.1, -0.05) is 24.3 Å². The number of fused-ring (bicyclic) bond motifs is 1. The molecule has 0 bridgehead atoms. The Labute approximate surface area is 122 Å². The van der Waals surface area contributed by atoms with Gasteiger partial charge in [-0.15, -0.1) is 6.58 Å². The van der Waals surface area contributed by atoms with Gasteiger partial charge < -0.3 is 15.0 Å². The van der Waals surface area contributed by atoms with Crippen molar-refractivity contribution in [1.82, 2.24) is 9.88 Å². The van der Waals surface area contributed by atoms with E-state index in [4.69, 9.17) is 5.11 Å². The molecule has 0 aliphatic carbocycles. The van der Waals surface area contributed by atoms with Crippen LogP contribution < -0.4 is 0 Å². The summed E-state index contributed by atoms with van der Waals surface area (Å²) < 4.78 is 0. The lowest BCUT2D eigenvalue weighted by Crippen LogP contribution is -2.35. The highest BCUT2D eigenvalue weighted by molar-refractivity contribution is 5.85. The largest absolute Gasteiger partial charge is 0.480 e. The topological polar surface area (TPSA) is 73.4 Å². The van der Waals surface area contributed by atoms with Gasteiger partial charge in [0.2, 0.25) is 5.91 Å². The summed E-state index contributed by atoms with van der Waals surface area (Å²) in [7, 11) is 0. The lowest BCUT2D eigenvalue weighted by atomic mass is 10.1. The number of nitrogens with one attached hydrogen (secondary N) is 1. The minimum atomic E-state index is -1.02. The second-order valence-electron chi connectivity index (χ2n) is 4.82. The third-order valence-corrected chi connectivity index (χ3v) is 3.31. The van der Waals surface area contributed by atoms with Crippen LogP contribution in [0.1, 0.15) is 12.0 Å². The van der Waals surface area contributed by atoms with Crippen LogP contribution in [0.5, 0.6) is 0 Å². The number of carbonyl (C=O) groups is 2. The molecule has 5 heteroatoms. The van der Waals surface area contributed by atoms with Crippen molar-refractivity contribution in [2.45, 2.75) is 12.8 Å². The molecule has 0 atom stereocenters. The number of nitrogens with zero attached hydrogens (tertiary/aromatic N) is 1. The second kappa shape index (κ2) is 6.74. The van der Waals surface area contributed by atoms with Crippen LogP contribution in [-0.2, 0) is 16.0 Å². The molecule has 2 aromatic rings. The first-order valence-electron chi connectivity index (χ1n) is 6.77. The minimum Gasteiger partial charge on any atom is -0.480 e. The van der Waals surface area contributed by atoms with E-state index in [1.54, 1.807) is 0 Å². The molecule has 21 heavy (non-hydrogen) atoms. The Morgan fingerprint density at radius 3 is 2.81 bits per heavy atom. The molecule has 1 aromatic carbocycles. The standard InChI is InChI=1S/C16H18N2O3/c1-2-9-18(11-16(20)21)15(19)8-7-12-10-17-14-6-4-3-5-13(12)14/h2-6,10,17H,1,7-9,11H2,(H,20,21). The Kier molecular flexibility index (Phi) is 4.77. The van der Waals surface area contributed by atoms with Gasteiger partial charge in [-0.3, -0.25) is 9.59 Å². The molecule has 0 radical (unpaired) electrons. The van der Waals surface area contributed by atoms with E-state index in [0.29, 0.717) is 6.42 Å². The predicted molar refractivity (Wildman–Crippen MR) is 81.0 cm³/mol. The van der Waals surface area contributed by atoms with Crippen molar-refractivity contribution in [3.8, 4) is 0 Å². The van der Waals surface area contributed by atoms with E-state index in [9.17, 15) is 9.59 Å². The van der Waals surface area contributed by atoms with Gasteiger partial charge in [0.15, 0.2) is 0 Å². The maximum Gasteiger partial charge on any atom is 0.323 e. The van der Waals surface area contributed by atoms with Gasteiger partial charge in [-0.25, -0.2) is 0 Å². The van der Waals surface area contributed by atoms with Crippen molar-refractivity contribution in [2.24, 2.45) is 0 Å². The number of aryl methyl sites for hydroxylation is 1. The van der Waals surface area contributed by atoms with E-state index in [1.807, 2.05) is 30.5 Å². The average molecular weight is 286 g/mol. The molecular weight excluding hydrogens is 268 g/mol. The molecule has 1 heterocycles. The van der Waals surface area contributed by atoms with Crippen molar-refractivity contribution < 1.29 is 14.7 Å². The molecule has 1 amide bonds. The van der Waals surface area contributed by atoms with Gasteiger partial charge in [-0.2, -0.15) is 0 Å². The van der Waals surface area contributed by atoms with Crippen LogP contribution in [0, 0.1) is 0 Å². The number of rotatable bonds is 7. The quantitative estimate of drug-likeness (QED) is 0.766. The fourth-order valence-corrected chi connectivity index (χ4v) is 2.31. The maximum atomic E-state index is 12.1. The van der Waals surface area contributed by atoms with E-state index < -0.39 is 5.97 Å². The van der Waals surface area contributed by atoms with Gasteiger partial charge in [0.25, 0.3) is 0 Å². The minimum absolute atomic E-state index is 0.178. The SMILES string of the molecule is C=CCN(CC(=O)O)C(=O)CCc1c[nH]c2ccccc12. The zero-order valence-corrected chi connectivity index (χ0v) is 11.7. The van der Waals surface area contributed by atoms with Gasteiger partial charge in [0.1, 0.15) is 6.54 Å². The van der Waals surface area contributed by atoms with E-state index in [1.165, 1.54) is 11.0 Å². The third-order valence-electron chi connectivity index (χ3n) is 3.31. The predicted octanol–water partition coefficient (Wildman–Crippen LogP) is 2.20. The van der Waals surface area contributed by atoms with Crippen LogP contribution in [0.4, 0.5) is 0 Å². The number of amides is 1. The summed E-state index contributed by atoms with van der Waals surface area (Å²) in [6.07, 6.45) is 4.29. The second-order valence-corrected chi connectivity index (χ2v) is 4.82. The number of aromatic nitrogens is 1. The molecule has 2 rings (SSSR count). The van der Waals surface area contributed by atoms with Crippen LogP contribution in [0.2, 0.25) is 0 Å². The molecule has 0 aliphatic rings. The number of carboxylic acids is 1. The fraction of sp³-hybridized carbons (Fsp3) is 0.250. The highest BCUT2D eigenvalue weighted by atomic mass is 16.4. The number of hydrogen-bond acceptors (Lipinski definition) is 2. The summed E-state index contributed by atoms with van der Waals surface area (Å²) >= 11 is 0. The molecule has 0 fully saturated rings. The Bertz CT molecular complexity index is 660. The molecule has 0 aliphatic heterocycles. The van der Waals surface area contributed by atoms with Crippen molar-refractivity contribution >= 4 is 22.8 Å². The lowest BCUT2D eigenvalue weighted by Gasteiger charge is -2.18. The van der Waals surface area contributed by atoms with E-state index in [0.717, 1.165) is 16.5 Å². The molecule has 2 N–H and O–H groups in total. The number of hydrogen-bond donors (Lipinski definition) is 2. The molecule has 0 unspecified atom stereocenters. The molecule has 5 nitrogen and oxygen atoms in total. The molecule has 110 valence electrons. The maximum absolute atomic E-state index is 12.1. The third kappa shape index (κ3) is 3.72. The van der Waals surface area contributed by atoms with Crippen molar-refractivity contribution in [2.75, 3.05) is 13.1 Å². The first-order valence-corrected chi connectivity index (χ1v) is 6.77. The molecule has 0 saturated carbocycles. The zero-order chi connectivity index (χ0) is 15.2. The van der Waals surface area contributed by atoms with Crippen LogP contribution >= 0.6 is 0 Å². The average Bonchev–Trinajstić information content (AvgIpc) is 2.87. The Hall–Kier alpha value is -2.56. The normalized spacial score (nSPS) is 10.5. The van der Waals surface area contributed by atoms with Crippen molar-refractivity contribution in [3.05, 3.63) is 48.7 Å². The monoisotopic (exact) mass is 286 g/mol. The van der Waals surface area contributed by atoms with Gasteiger partial charge in [-0.05, 0) is 18.1 Å². The number of H-pyrrole nitrogens is 1. The number of para-hydroxylation sites is 1. The summed E-state index contributed by atoms with van der Waals surface area (Å²) in [6.45, 7) is 3.51. The molecular formula is C16H18N2O3. The van der Waals surface area contributed by atoms with Crippen LogP contribution in [-0.4, -0.2) is 40.0 Å². The highest BCUT2D eigenvalue weighted by Gasteiger charge is 2.15. The Morgan fingerprint density at radius 1 is 1.33 bits per heavy atom. The number of aliphatic carboxylic acids is 1. The number of aromatic amines is 1. The summed E-state index contributed by atoms with van der Waals surface area (Å²) in [5.41, 5.74) is 2.10.